The molecule has 8 heteroatoms. The van der Waals surface area contributed by atoms with E-state index in [2.05, 4.69) is 10.6 Å². The van der Waals surface area contributed by atoms with Crippen molar-refractivity contribution in [3.05, 3.63) is 29.8 Å². The number of amides is 2. The van der Waals surface area contributed by atoms with Gasteiger partial charge in [0.1, 0.15) is 24.5 Å². The lowest BCUT2D eigenvalue weighted by atomic mass is 10.2. The monoisotopic (exact) mass is 348 g/mol. The molecule has 0 unspecified atom stereocenters. The Bertz CT molecular complexity index is 584. The van der Waals surface area contributed by atoms with Crippen molar-refractivity contribution < 1.29 is 19.4 Å². The van der Waals surface area contributed by atoms with E-state index in [4.69, 9.17) is 14.7 Å². The zero-order chi connectivity index (χ0) is 17.9. The van der Waals surface area contributed by atoms with Crippen molar-refractivity contribution in [3.63, 3.8) is 0 Å². The fraction of sp³-hybridized carbons (Fsp3) is 0.529. The molecule has 2 rings (SSSR count). The number of nitrogens with zero attached hydrogens (tertiary/aromatic N) is 2. The normalized spacial score (nSPS) is 15.3. The van der Waals surface area contributed by atoms with Gasteiger partial charge in [-0.05, 0) is 12.1 Å². The average molecular weight is 348 g/mol. The number of morpholine rings is 1. The minimum Gasteiger partial charge on any atom is -0.489 e. The summed E-state index contributed by atoms with van der Waals surface area (Å²) in [4.78, 5) is 13.6. The van der Waals surface area contributed by atoms with Crippen LogP contribution in [0.5, 0.6) is 5.75 Å². The summed E-state index contributed by atoms with van der Waals surface area (Å²) in [5, 5.41) is 24.8. The minimum atomic E-state index is -0.707. The van der Waals surface area contributed by atoms with Gasteiger partial charge in [-0.15, -0.1) is 0 Å². The van der Waals surface area contributed by atoms with Crippen LogP contribution in [0.2, 0.25) is 0 Å². The molecule has 1 aromatic carbocycles. The second-order valence-corrected chi connectivity index (χ2v) is 5.61. The van der Waals surface area contributed by atoms with E-state index in [9.17, 15) is 9.90 Å². The number of nitrogens with one attached hydrogen (secondary N) is 2. The lowest BCUT2D eigenvalue weighted by molar-refractivity contribution is 0.0532. The molecular weight excluding hydrogens is 324 g/mol. The van der Waals surface area contributed by atoms with E-state index in [0.717, 1.165) is 0 Å². The highest BCUT2D eigenvalue weighted by Crippen LogP contribution is 2.16. The second kappa shape index (κ2) is 10.5. The standard InChI is InChI=1S/C17H24N4O4/c18-11-14-3-1-2-4-16(14)25-13-15(22)12-19-5-6-20-17(23)21-7-9-24-10-8-21/h1-4,15,19,22H,5-10,12-13H2,(H,20,23)/t15-/m0/s1. The molecule has 1 aliphatic rings. The Labute approximate surface area is 147 Å². The van der Waals surface area contributed by atoms with Gasteiger partial charge in [0, 0.05) is 32.7 Å². The van der Waals surface area contributed by atoms with Crippen LogP contribution in [0.25, 0.3) is 0 Å². The molecule has 2 amide bonds. The molecule has 0 aliphatic carbocycles. The van der Waals surface area contributed by atoms with Gasteiger partial charge in [0.25, 0.3) is 0 Å². The molecule has 8 nitrogen and oxygen atoms in total. The zero-order valence-electron chi connectivity index (χ0n) is 14.1. The van der Waals surface area contributed by atoms with E-state index < -0.39 is 6.10 Å². The Kier molecular flexibility index (Phi) is 7.98. The van der Waals surface area contributed by atoms with Gasteiger partial charge < -0.3 is 30.1 Å². The van der Waals surface area contributed by atoms with Crippen LogP contribution in [-0.4, -0.2) is 74.7 Å². The predicted octanol–water partition coefficient (Wildman–Crippen LogP) is -0.0706. The van der Waals surface area contributed by atoms with E-state index in [1.807, 2.05) is 6.07 Å². The maximum absolute atomic E-state index is 11.9. The van der Waals surface area contributed by atoms with Crippen LogP contribution < -0.4 is 15.4 Å². The molecule has 1 aromatic rings. The van der Waals surface area contributed by atoms with E-state index in [1.54, 1.807) is 29.2 Å². The first-order valence-electron chi connectivity index (χ1n) is 8.32. The van der Waals surface area contributed by atoms with Gasteiger partial charge >= 0.3 is 6.03 Å². The van der Waals surface area contributed by atoms with Crippen molar-refractivity contribution in [1.82, 2.24) is 15.5 Å². The molecule has 0 aromatic heterocycles. The van der Waals surface area contributed by atoms with E-state index in [1.165, 1.54) is 0 Å². The van der Waals surface area contributed by atoms with Crippen LogP contribution in [0.3, 0.4) is 0 Å². The van der Waals surface area contributed by atoms with Gasteiger partial charge in [-0.1, -0.05) is 12.1 Å². The Morgan fingerprint density at radius 1 is 1.36 bits per heavy atom. The summed E-state index contributed by atoms with van der Waals surface area (Å²) in [6, 6.07) is 8.84. The predicted molar refractivity (Wildman–Crippen MR) is 91.3 cm³/mol. The molecule has 1 heterocycles. The van der Waals surface area contributed by atoms with Crippen molar-refractivity contribution in [3.8, 4) is 11.8 Å². The number of nitriles is 1. The summed E-state index contributed by atoms with van der Waals surface area (Å²) in [5.41, 5.74) is 0.438. The van der Waals surface area contributed by atoms with Gasteiger partial charge in [-0.2, -0.15) is 5.26 Å². The highest BCUT2D eigenvalue weighted by atomic mass is 16.5. The number of para-hydroxylation sites is 1. The largest absolute Gasteiger partial charge is 0.489 e. The molecule has 25 heavy (non-hydrogen) atoms. The van der Waals surface area contributed by atoms with Crippen LogP contribution in [0.15, 0.2) is 24.3 Å². The third kappa shape index (κ3) is 6.58. The maximum Gasteiger partial charge on any atom is 0.317 e. The maximum atomic E-state index is 11.9. The Morgan fingerprint density at radius 2 is 2.12 bits per heavy atom. The molecule has 3 N–H and O–H groups in total. The van der Waals surface area contributed by atoms with Gasteiger partial charge in [0.15, 0.2) is 0 Å². The molecule has 1 aliphatic heterocycles. The molecule has 136 valence electrons. The molecule has 0 spiro atoms. The molecule has 1 fully saturated rings. The van der Waals surface area contributed by atoms with Crippen molar-refractivity contribution in [1.29, 1.82) is 5.26 Å². The number of aliphatic hydroxyl groups is 1. The number of hydrogen-bond donors (Lipinski definition) is 3. The summed E-state index contributed by atoms with van der Waals surface area (Å²) in [5.74, 6) is 0.460. The minimum absolute atomic E-state index is 0.0891. The number of benzene rings is 1. The zero-order valence-corrected chi connectivity index (χ0v) is 14.1. The SMILES string of the molecule is N#Cc1ccccc1OC[C@@H](O)CNCCNC(=O)N1CCOCC1. The molecular formula is C17H24N4O4. The van der Waals surface area contributed by atoms with Crippen LogP contribution in [0.4, 0.5) is 4.79 Å². The summed E-state index contributed by atoms with van der Waals surface area (Å²) in [6.07, 6.45) is -0.707. The molecule has 0 saturated carbocycles. The lowest BCUT2D eigenvalue weighted by Gasteiger charge is -2.27. The topological polar surface area (TPSA) is 107 Å². The van der Waals surface area contributed by atoms with Gasteiger partial charge in [0.05, 0.1) is 18.8 Å². The fourth-order valence-corrected chi connectivity index (χ4v) is 2.33. The summed E-state index contributed by atoms with van der Waals surface area (Å²) in [6.45, 7) is 3.81. The smallest absolute Gasteiger partial charge is 0.317 e. The second-order valence-electron chi connectivity index (χ2n) is 5.61. The lowest BCUT2D eigenvalue weighted by Crippen LogP contribution is -2.47. The number of rotatable bonds is 8. The number of ether oxygens (including phenoxy) is 2. The molecule has 0 radical (unpaired) electrons. The summed E-state index contributed by atoms with van der Waals surface area (Å²) >= 11 is 0. The van der Waals surface area contributed by atoms with Crippen LogP contribution >= 0.6 is 0 Å². The Morgan fingerprint density at radius 3 is 2.88 bits per heavy atom. The van der Waals surface area contributed by atoms with Crippen molar-refractivity contribution in [2.75, 3.05) is 52.5 Å². The average Bonchev–Trinajstić information content (AvgIpc) is 2.66. The summed E-state index contributed by atoms with van der Waals surface area (Å²) < 4.78 is 10.7. The van der Waals surface area contributed by atoms with Crippen LogP contribution in [0, 0.1) is 11.3 Å². The van der Waals surface area contributed by atoms with Crippen LogP contribution in [0.1, 0.15) is 5.56 Å². The molecule has 1 atom stereocenters. The van der Waals surface area contributed by atoms with Gasteiger partial charge in [-0.3, -0.25) is 0 Å². The number of carbonyl (C=O) groups excluding carboxylic acids is 1. The first kappa shape index (κ1) is 19.0. The van der Waals surface area contributed by atoms with Gasteiger partial charge in [0.2, 0.25) is 0 Å². The number of hydrogen-bond acceptors (Lipinski definition) is 6. The van der Waals surface area contributed by atoms with Crippen molar-refractivity contribution in [2.24, 2.45) is 0 Å². The third-order valence-corrected chi connectivity index (χ3v) is 3.69. The van der Waals surface area contributed by atoms with E-state index >= 15 is 0 Å². The molecule has 0 bridgehead atoms. The highest BCUT2D eigenvalue weighted by molar-refractivity contribution is 5.74. The first-order valence-corrected chi connectivity index (χ1v) is 8.32. The van der Waals surface area contributed by atoms with Gasteiger partial charge in [-0.25, -0.2) is 4.79 Å². The quantitative estimate of drug-likeness (QED) is 0.568. The number of aliphatic hydroxyl groups excluding tert-OH is 1. The van der Waals surface area contributed by atoms with Crippen LogP contribution in [-0.2, 0) is 4.74 Å². The van der Waals surface area contributed by atoms with Crippen molar-refractivity contribution in [2.45, 2.75) is 6.10 Å². The summed E-state index contributed by atoms with van der Waals surface area (Å²) in [7, 11) is 0. The van der Waals surface area contributed by atoms with Crippen molar-refractivity contribution >= 4 is 6.03 Å². The third-order valence-electron chi connectivity index (χ3n) is 3.69. The molecule has 1 saturated heterocycles. The van der Waals surface area contributed by atoms with E-state index in [0.29, 0.717) is 57.3 Å². The number of urea groups is 1. The fourth-order valence-electron chi connectivity index (χ4n) is 2.33. The Hall–Kier alpha value is -2.34. The number of carbonyl (C=O) groups is 1. The highest BCUT2D eigenvalue weighted by Gasteiger charge is 2.15. The van der Waals surface area contributed by atoms with E-state index in [-0.39, 0.29) is 12.6 Å². The first-order chi connectivity index (χ1) is 12.2. The Balaban J connectivity index is 1.55.